The molecule has 2 heterocycles. The predicted molar refractivity (Wildman–Crippen MR) is 81.6 cm³/mol. The van der Waals surface area contributed by atoms with Crippen LogP contribution in [0.2, 0.25) is 0 Å². The molecule has 0 bridgehead atoms. The van der Waals surface area contributed by atoms with Crippen molar-refractivity contribution in [1.29, 1.82) is 0 Å². The van der Waals surface area contributed by atoms with E-state index >= 15 is 0 Å². The van der Waals surface area contributed by atoms with Crippen molar-refractivity contribution in [2.75, 3.05) is 13.1 Å². The molecule has 0 N–H and O–H groups in total. The van der Waals surface area contributed by atoms with Crippen LogP contribution in [0.5, 0.6) is 0 Å². The largest absolute Gasteiger partial charge is 0.336 e. The lowest BCUT2D eigenvalue weighted by Gasteiger charge is -2.24. The number of hydrogen-bond acceptors (Lipinski definition) is 2. The van der Waals surface area contributed by atoms with Gasteiger partial charge in [0.05, 0.1) is 11.7 Å². The number of benzene rings is 1. The van der Waals surface area contributed by atoms with E-state index in [0.717, 1.165) is 18.7 Å². The second-order valence-corrected chi connectivity index (χ2v) is 5.78. The Balaban J connectivity index is 1.68. The van der Waals surface area contributed by atoms with Gasteiger partial charge >= 0.3 is 0 Å². The first-order valence-corrected chi connectivity index (χ1v) is 7.52. The summed E-state index contributed by atoms with van der Waals surface area (Å²) in [5.41, 5.74) is 2.55. The van der Waals surface area contributed by atoms with Crippen LogP contribution < -0.4 is 0 Å². The fourth-order valence-corrected chi connectivity index (χ4v) is 3.25. The molecule has 3 nitrogen and oxygen atoms in total. The van der Waals surface area contributed by atoms with Crippen LogP contribution >= 0.6 is 0 Å². The first-order valence-electron chi connectivity index (χ1n) is 7.52. The monoisotopic (exact) mass is 269 g/mol. The van der Waals surface area contributed by atoms with Crippen LogP contribution in [-0.4, -0.2) is 27.5 Å². The SMILES string of the molecule is Cc1cn(C)c([C@H]2CCCN2CCc2ccccc2)n1. The molecule has 1 saturated heterocycles. The zero-order valence-electron chi connectivity index (χ0n) is 12.4. The third kappa shape index (κ3) is 2.78. The molecule has 0 amide bonds. The van der Waals surface area contributed by atoms with Gasteiger partial charge in [-0.15, -0.1) is 0 Å². The lowest BCUT2D eigenvalue weighted by atomic mass is 10.1. The number of aromatic nitrogens is 2. The van der Waals surface area contributed by atoms with Gasteiger partial charge in [-0.2, -0.15) is 0 Å². The molecule has 0 radical (unpaired) electrons. The normalized spacial score (nSPS) is 19.6. The maximum Gasteiger partial charge on any atom is 0.126 e. The Labute approximate surface area is 121 Å². The highest BCUT2D eigenvalue weighted by Crippen LogP contribution is 2.31. The molecule has 0 saturated carbocycles. The number of nitrogens with zero attached hydrogens (tertiary/aromatic N) is 3. The number of aryl methyl sites for hydroxylation is 2. The number of hydrogen-bond donors (Lipinski definition) is 0. The summed E-state index contributed by atoms with van der Waals surface area (Å²) < 4.78 is 2.20. The standard InChI is InChI=1S/C17H23N3/c1-14-13-19(2)17(18-14)16-9-6-11-20(16)12-10-15-7-4-3-5-8-15/h3-5,7-8,13,16H,6,9-12H2,1-2H3/t16-/m1/s1. The minimum atomic E-state index is 0.498. The summed E-state index contributed by atoms with van der Waals surface area (Å²) in [5.74, 6) is 1.23. The Kier molecular flexibility index (Phi) is 3.88. The highest BCUT2D eigenvalue weighted by molar-refractivity contribution is 5.15. The van der Waals surface area contributed by atoms with Gasteiger partial charge in [-0.1, -0.05) is 30.3 Å². The first-order chi connectivity index (χ1) is 9.74. The van der Waals surface area contributed by atoms with Crippen molar-refractivity contribution >= 4 is 0 Å². The zero-order valence-corrected chi connectivity index (χ0v) is 12.4. The smallest absolute Gasteiger partial charge is 0.126 e. The van der Waals surface area contributed by atoms with E-state index in [-0.39, 0.29) is 0 Å². The van der Waals surface area contributed by atoms with Crippen molar-refractivity contribution in [3.05, 3.63) is 53.6 Å². The molecule has 1 aromatic carbocycles. The maximum atomic E-state index is 4.72. The van der Waals surface area contributed by atoms with Crippen LogP contribution in [-0.2, 0) is 13.5 Å². The molecule has 1 aromatic heterocycles. The van der Waals surface area contributed by atoms with Gasteiger partial charge in [0.25, 0.3) is 0 Å². The average molecular weight is 269 g/mol. The van der Waals surface area contributed by atoms with Gasteiger partial charge in [-0.3, -0.25) is 4.90 Å². The zero-order chi connectivity index (χ0) is 13.9. The summed E-state index contributed by atoms with van der Waals surface area (Å²) in [6.45, 7) is 4.40. The Bertz CT molecular complexity index is 559. The lowest BCUT2D eigenvalue weighted by Crippen LogP contribution is -2.27. The molecule has 1 aliphatic rings. The van der Waals surface area contributed by atoms with Crippen molar-refractivity contribution in [3.63, 3.8) is 0 Å². The van der Waals surface area contributed by atoms with E-state index < -0.39 is 0 Å². The van der Waals surface area contributed by atoms with Crippen LogP contribution in [0.15, 0.2) is 36.5 Å². The topological polar surface area (TPSA) is 21.1 Å². The van der Waals surface area contributed by atoms with Crippen LogP contribution in [0, 0.1) is 6.92 Å². The lowest BCUT2D eigenvalue weighted by molar-refractivity contribution is 0.248. The Morgan fingerprint density at radius 2 is 2.05 bits per heavy atom. The molecular formula is C17H23N3. The number of rotatable bonds is 4. The van der Waals surface area contributed by atoms with E-state index in [0.29, 0.717) is 6.04 Å². The summed E-state index contributed by atoms with van der Waals surface area (Å²) >= 11 is 0. The van der Waals surface area contributed by atoms with Crippen LogP contribution in [0.25, 0.3) is 0 Å². The first kappa shape index (κ1) is 13.4. The van der Waals surface area contributed by atoms with Gasteiger partial charge in [0.1, 0.15) is 5.82 Å². The van der Waals surface area contributed by atoms with Crippen molar-refractivity contribution in [2.24, 2.45) is 7.05 Å². The van der Waals surface area contributed by atoms with Crippen molar-refractivity contribution in [3.8, 4) is 0 Å². The highest BCUT2D eigenvalue weighted by Gasteiger charge is 2.28. The van der Waals surface area contributed by atoms with Crippen molar-refractivity contribution in [2.45, 2.75) is 32.2 Å². The Morgan fingerprint density at radius 1 is 1.25 bits per heavy atom. The van der Waals surface area contributed by atoms with Gasteiger partial charge in [-0.25, -0.2) is 4.98 Å². The molecule has 3 heteroatoms. The third-order valence-electron chi connectivity index (χ3n) is 4.22. The van der Waals surface area contributed by atoms with Gasteiger partial charge in [-0.05, 0) is 38.3 Å². The van der Waals surface area contributed by atoms with Crippen molar-refractivity contribution < 1.29 is 0 Å². The van der Waals surface area contributed by atoms with E-state index in [1.54, 1.807) is 0 Å². The van der Waals surface area contributed by atoms with Crippen LogP contribution in [0.4, 0.5) is 0 Å². The van der Waals surface area contributed by atoms with E-state index in [9.17, 15) is 0 Å². The molecule has 2 aromatic rings. The second kappa shape index (κ2) is 5.80. The summed E-state index contributed by atoms with van der Waals surface area (Å²) in [6.07, 6.45) is 5.77. The van der Waals surface area contributed by atoms with Crippen LogP contribution in [0.1, 0.15) is 36.0 Å². The minimum absolute atomic E-state index is 0.498. The maximum absolute atomic E-state index is 4.72. The highest BCUT2D eigenvalue weighted by atomic mass is 15.2. The van der Waals surface area contributed by atoms with Gasteiger partial charge < -0.3 is 4.57 Å². The Hall–Kier alpha value is -1.61. The Morgan fingerprint density at radius 3 is 2.75 bits per heavy atom. The molecule has 1 atom stereocenters. The van der Waals surface area contributed by atoms with Gasteiger partial charge in [0.15, 0.2) is 0 Å². The van der Waals surface area contributed by atoms with E-state index in [1.807, 2.05) is 0 Å². The summed E-state index contributed by atoms with van der Waals surface area (Å²) in [6, 6.07) is 11.3. The molecule has 1 fully saturated rings. The minimum Gasteiger partial charge on any atom is -0.336 e. The molecule has 1 aliphatic heterocycles. The fraction of sp³-hybridized carbons (Fsp3) is 0.471. The molecule has 106 valence electrons. The quantitative estimate of drug-likeness (QED) is 0.850. The van der Waals surface area contributed by atoms with Gasteiger partial charge in [0, 0.05) is 19.8 Å². The molecule has 0 spiro atoms. The predicted octanol–water partition coefficient (Wildman–Crippen LogP) is 3.11. The molecule has 20 heavy (non-hydrogen) atoms. The van der Waals surface area contributed by atoms with E-state index in [1.165, 1.54) is 30.8 Å². The van der Waals surface area contributed by atoms with Crippen molar-refractivity contribution in [1.82, 2.24) is 14.5 Å². The summed E-state index contributed by atoms with van der Waals surface area (Å²) in [7, 11) is 2.11. The summed E-state index contributed by atoms with van der Waals surface area (Å²) in [5, 5.41) is 0. The number of likely N-dealkylation sites (tertiary alicyclic amines) is 1. The number of imidazole rings is 1. The fourth-order valence-electron chi connectivity index (χ4n) is 3.25. The summed E-state index contributed by atoms with van der Waals surface area (Å²) in [4.78, 5) is 7.31. The second-order valence-electron chi connectivity index (χ2n) is 5.78. The molecule has 3 rings (SSSR count). The van der Waals surface area contributed by atoms with E-state index in [4.69, 9.17) is 4.98 Å². The third-order valence-corrected chi connectivity index (χ3v) is 4.22. The molecule has 0 unspecified atom stereocenters. The average Bonchev–Trinajstić information content (AvgIpc) is 3.03. The van der Waals surface area contributed by atoms with Crippen LogP contribution in [0.3, 0.4) is 0 Å². The molecule has 0 aliphatic carbocycles. The van der Waals surface area contributed by atoms with Gasteiger partial charge in [0.2, 0.25) is 0 Å². The molecular weight excluding hydrogens is 246 g/mol. The van der Waals surface area contributed by atoms with E-state index in [2.05, 4.69) is 60.0 Å².